The molecule has 1 aliphatic rings. The van der Waals surface area contributed by atoms with Crippen LogP contribution in [0.4, 0.5) is 23.2 Å². The molecular formula is C19H16F4N2O3. The van der Waals surface area contributed by atoms with E-state index in [0.29, 0.717) is 6.61 Å². The standard InChI is InChI=1S/C19H16F4N2O3/c20-13-8-12(15(21)17(23)16(13)22)19(27)25-14-6-2-1-5-11(14)18(26)24-9-10-4-3-7-28-10/h1-2,5-6,8,10H,3-4,7,9H2,(H,24,26)(H,25,27). The minimum atomic E-state index is -2.09. The number of halogens is 4. The first-order valence-electron chi connectivity index (χ1n) is 8.51. The second-order valence-electron chi connectivity index (χ2n) is 6.19. The number of amides is 2. The van der Waals surface area contributed by atoms with E-state index in [9.17, 15) is 27.2 Å². The highest BCUT2D eigenvalue weighted by Gasteiger charge is 2.24. The van der Waals surface area contributed by atoms with Gasteiger partial charge in [0.2, 0.25) is 0 Å². The van der Waals surface area contributed by atoms with Gasteiger partial charge in [-0.1, -0.05) is 12.1 Å². The predicted molar refractivity (Wildman–Crippen MR) is 92.0 cm³/mol. The molecule has 1 heterocycles. The van der Waals surface area contributed by atoms with Crippen molar-refractivity contribution in [2.75, 3.05) is 18.5 Å². The van der Waals surface area contributed by atoms with Crippen LogP contribution in [0.3, 0.4) is 0 Å². The number of ether oxygens (including phenoxy) is 1. The Balaban J connectivity index is 1.78. The average Bonchev–Trinajstić information content (AvgIpc) is 3.21. The summed E-state index contributed by atoms with van der Waals surface area (Å²) in [4.78, 5) is 24.6. The lowest BCUT2D eigenvalue weighted by Crippen LogP contribution is -2.32. The van der Waals surface area contributed by atoms with E-state index < -0.39 is 40.6 Å². The van der Waals surface area contributed by atoms with E-state index in [-0.39, 0.29) is 30.0 Å². The normalized spacial score (nSPS) is 16.1. The Morgan fingerprint density at radius 1 is 1.00 bits per heavy atom. The Morgan fingerprint density at radius 3 is 2.46 bits per heavy atom. The summed E-state index contributed by atoms with van der Waals surface area (Å²) in [5.74, 6) is -9.36. The lowest BCUT2D eigenvalue weighted by Gasteiger charge is -2.14. The third-order valence-electron chi connectivity index (χ3n) is 4.28. The zero-order valence-corrected chi connectivity index (χ0v) is 14.5. The lowest BCUT2D eigenvalue weighted by molar-refractivity contribution is 0.0858. The molecule has 5 nitrogen and oxygen atoms in total. The summed E-state index contributed by atoms with van der Waals surface area (Å²) in [5.41, 5.74) is -0.954. The van der Waals surface area contributed by atoms with Gasteiger partial charge in [0.1, 0.15) is 0 Å². The fourth-order valence-corrected chi connectivity index (χ4v) is 2.82. The molecule has 0 aromatic heterocycles. The minimum absolute atomic E-state index is 0.00174. The number of carbonyl (C=O) groups excluding carboxylic acids is 2. The number of nitrogens with one attached hydrogen (secondary N) is 2. The van der Waals surface area contributed by atoms with Gasteiger partial charge in [0.25, 0.3) is 11.8 Å². The molecule has 1 atom stereocenters. The highest BCUT2D eigenvalue weighted by atomic mass is 19.2. The Bertz CT molecular complexity index is 914. The maximum atomic E-state index is 13.8. The van der Waals surface area contributed by atoms with Crippen molar-refractivity contribution < 1.29 is 31.9 Å². The second-order valence-corrected chi connectivity index (χ2v) is 6.19. The number of para-hydroxylation sites is 1. The Hall–Kier alpha value is -2.94. The highest BCUT2D eigenvalue weighted by Crippen LogP contribution is 2.21. The first-order valence-corrected chi connectivity index (χ1v) is 8.51. The van der Waals surface area contributed by atoms with Gasteiger partial charge in [-0.3, -0.25) is 9.59 Å². The molecule has 3 rings (SSSR count). The first kappa shape index (κ1) is 19.8. The van der Waals surface area contributed by atoms with Crippen molar-refractivity contribution in [2.24, 2.45) is 0 Å². The van der Waals surface area contributed by atoms with E-state index >= 15 is 0 Å². The van der Waals surface area contributed by atoms with Crippen LogP contribution in [0.15, 0.2) is 30.3 Å². The molecule has 0 aliphatic carbocycles. The second kappa shape index (κ2) is 8.39. The van der Waals surface area contributed by atoms with Crippen LogP contribution in [0.25, 0.3) is 0 Å². The number of carbonyl (C=O) groups is 2. The fourth-order valence-electron chi connectivity index (χ4n) is 2.82. The molecule has 2 aromatic carbocycles. The molecule has 148 valence electrons. The fraction of sp³-hybridized carbons (Fsp3) is 0.263. The third kappa shape index (κ3) is 4.14. The van der Waals surface area contributed by atoms with Gasteiger partial charge in [0, 0.05) is 13.2 Å². The molecule has 1 aliphatic heterocycles. The van der Waals surface area contributed by atoms with Gasteiger partial charge < -0.3 is 15.4 Å². The number of anilines is 1. The van der Waals surface area contributed by atoms with Gasteiger partial charge in [-0.25, -0.2) is 17.6 Å². The average molecular weight is 396 g/mol. The summed E-state index contributed by atoms with van der Waals surface area (Å²) in [6.45, 7) is 0.910. The summed E-state index contributed by atoms with van der Waals surface area (Å²) in [6.07, 6.45) is 1.63. The molecule has 0 radical (unpaired) electrons. The molecule has 0 spiro atoms. The molecule has 2 aromatic rings. The van der Waals surface area contributed by atoms with Crippen LogP contribution >= 0.6 is 0 Å². The van der Waals surface area contributed by atoms with Crippen molar-refractivity contribution in [3.8, 4) is 0 Å². The molecule has 0 saturated carbocycles. The maximum Gasteiger partial charge on any atom is 0.258 e. The van der Waals surface area contributed by atoms with Crippen molar-refractivity contribution in [3.63, 3.8) is 0 Å². The first-order chi connectivity index (χ1) is 13.4. The third-order valence-corrected chi connectivity index (χ3v) is 4.28. The summed E-state index contributed by atoms with van der Waals surface area (Å²) >= 11 is 0. The molecule has 1 unspecified atom stereocenters. The van der Waals surface area contributed by atoms with Gasteiger partial charge in [0.15, 0.2) is 23.3 Å². The molecule has 28 heavy (non-hydrogen) atoms. The monoisotopic (exact) mass is 396 g/mol. The van der Waals surface area contributed by atoms with Crippen molar-refractivity contribution in [1.82, 2.24) is 5.32 Å². The largest absolute Gasteiger partial charge is 0.376 e. The number of hydrogen-bond donors (Lipinski definition) is 2. The zero-order chi connectivity index (χ0) is 20.3. The van der Waals surface area contributed by atoms with Crippen LogP contribution in [0, 0.1) is 23.3 Å². The van der Waals surface area contributed by atoms with Gasteiger partial charge in [-0.05, 0) is 31.0 Å². The van der Waals surface area contributed by atoms with Gasteiger partial charge in [0.05, 0.1) is 22.9 Å². The zero-order valence-electron chi connectivity index (χ0n) is 14.5. The van der Waals surface area contributed by atoms with E-state index in [1.807, 2.05) is 0 Å². The van der Waals surface area contributed by atoms with Crippen LogP contribution in [0.1, 0.15) is 33.6 Å². The van der Waals surface area contributed by atoms with Crippen molar-refractivity contribution >= 4 is 17.5 Å². The van der Waals surface area contributed by atoms with Gasteiger partial charge in [-0.15, -0.1) is 0 Å². The van der Waals surface area contributed by atoms with E-state index in [0.717, 1.165) is 12.8 Å². The summed E-state index contributed by atoms with van der Waals surface area (Å²) in [6, 6.07) is 6.10. The lowest BCUT2D eigenvalue weighted by atomic mass is 10.1. The molecule has 1 saturated heterocycles. The Morgan fingerprint density at radius 2 is 1.75 bits per heavy atom. The van der Waals surface area contributed by atoms with Crippen molar-refractivity contribution in [2.45, 2.75) is 18.9 Å². The number of rotatable bonds is 5. The van der Waals surface area contributed by atoms with Gasteiger partial charge >= 0.3 is 0 Å². The molecular weight excluding hydrogens is 380 g/mol. The SMILES string of the molecule is O=C(NCC1CCCO1)c1ccccc1NC(=O)c1cc(F)c(F)c(F)c1F. The topological polar surface area (TPSA) is 67.4 Å². The van der Waals surface area contributed by atoms with Crippen LogP contribution < -0.4 is 10.6 Å². The Labute approximate surface area is 157 Å². The smallest absolute Gasteiger partial charge is 0.258 e. The predicted octanol–water partition coefficient (Wildman–Crippen LogP) is 3.40. The molecule has 2 amide bonds. The van der Waals surface area contributed by atoms with Gasteiger partial charge in [-0.2, -0.15) is 0 Å². The Kier molecular flexibility index (Phi) is 5.93. The van der Waals surface area contributed by atoms with Crippen LogP contribution in [0.2, 0.25) is 0 Å². The van der Waals surface area contributed by atoms with Crippen LogP contribution in [-0.4, -0.2) is 31.1 Å². The minimum Gasteiger partial charge on any atom is -0.376 e. The molecule has 0 bridgehead atoms. The van der Waals surface area contributed by atoms with Crippen LogP contribution in [-0.2, 0) is 4.74 Å². The van der Waals surface area contributed by atoms with E-state index in [1.165, 1.54) is 18.2 Å². The van der Waals surface area contributed by atoms with E-state index in [1.54, 1.807) is 6.07 Å². The van der Waals surface area contributed by atoms with Crippen LogP contribution in [0.5, 0.6) is 0 Å². The molecule has 9 heteroatoms. The number of hydrogen-bond acceptors (Lipinski definition) is 3. The summed E-state index contributed by atoms with van der Waals surface area (Å²) in [5, 5.41) is 4.90. The quantitative estimate of drug-likeness (QED) is 0.463. The van der Waals surface area contributed by atoms with Crippen molar-refractivity contribution in [3.05, 3.63) is 64.7 Å². The summed E-state index contributed by atoms with van der Waals surface area (Å²) in [7, 11) is 0. The number of benzene rings is 2. The molecule has 2 N–H and O–H groups in total. The van der Waals surface area contributed by atoms with Crippen molar-refractivity contribution in [1.29, 1.82) is 0 Å². The highest BCUT2D eigenvalue weighted by molar-refractivity contribution is 6.09. The van der Waals surface area contributed by atoms with E-state index in [4.69, 9.17) is 4.74 Å². The summed E-state index contributed by atoms with van der Waals surface area (Å²) < 4.78 is 59.0. The van der Waals surface area contributed by atoms with E-state index in [2.05, 4.69) is 10.6 Å². The maximum absolute atomic E-state index is 13.8. The molecule has 1 fully saturated rings.